The molecule has 8 heteroatoms. The Morgan fingerprint density at radius 1 is 0.829 bits per heavy atom. The predicted octanol–water partition coefficient (Wildman–Crippen LogP) is 4.30. The van der Waals surface area contributed by atoms with Gasteiger partial charge in [0.2, 0.25) is 0 Å². The first-order valence-corrected chi connectivity index (χ1v) is 11.3. The fourth-order valence-electron chi connectivity index (χ4n) is 4.09. The van der Waals surface area contributed by atoms with Gasteiger partial charge in [-0.3, -0.25) is 18.7 Å². The summed E-state index contributed by atoms with van der Waals surface area (Å²) in [7, 11) is 1.55. The van der Waals surface area contributed by atoms with Gasteiger partial charge in [-0.2, -0.15) is 0 Å². The predicted molar refractivity (Wildman–Crippen MR) is 139 cm³/mol. The van der Waals surface area contributed by atoms with Crippen LogP contribution in [0, 0.1) is 0 Å². The van der Waals surface area contributed by atoms with Crippen molar-refractivity contribution in [3.05, 3.63) is 133 Å². The first-order valence-electron chi connectivity index (χ1n) is 11.0. The van der Waals surface area contributed by atoms with Crippen LogP contribution in [0.5, 0.6) is 0 Å². The first-order chi connectivity index (χ1) is 16.9. The lowest BCUT2D eigenvalue weighted by atomic mass is 10.2. The normalized spacial score (nSPS) is 11.0. The summed E-state index contributed by atoms with van der Waals surface area (Å²) < 4.78 is 3.93. The van der Waals surface area contributed by atoms with E-state index in [0.29, 0.717) is 22.1 Å². The highest BCUT2D eigenvalue weighted by atomic mass is 35.5. The summed E-state index contributed by atoms with van der Waals surface area (Å²) in [5, 5.41) is 3.96. The van der Waals surface area contributed by atoms with Crippen LogP contribution < -0.4 is 22.1 Å². The molecule has 0 radical (unpaired) electrons. The van der Waals surface area contributed by atoms with Gasteiger partial charge >= 0.3 is 5.69 Å². The van der Waals surface area contributed by atoms with E-state index in [1.165, 1.54) is 19.8 Å². The number of para-hydroxylation sites is 1. The molecule has 0 aliphatic carbocycles. The third kappa shape index (κ3) is 4.18. The lowest BCUT2D eigenvalue weighted by Gasteiger charge is -2.19. The van der Waals surface area contributed by atoms with E-state index in [2.05, 4.69) is 5.32 Å². The number of aryl methyl sites for hydroxylation is 1. The highest BCUT2D eigenvalue weighted by molar-refractivity contribution is 6.30. The van der Waals surface area contributed by atoms with E-state index in [1.54, 1.807) is 55.6 Å². The largest absolute Gasteiger partial charge is 0.355 e. The van der Waals surface area contributed by atoms with Crippen molar-refractivity contribution >= 4 is 34.0 Å². The van der Waals surface area contributed by atoms with Gasteiger partial charge in [-0.25, -0.2) is 9.36 Å². The second kappa shape index (κ2) is 9.12. The molecular formula is C27H21ClN4O3. The second-order valence-corrected chi connectivity index (χ2v) is 8.55. The van der Waals surface area contributed by atoms with E-state index >= 15 is 0 Å². The van der Waals surface area contributed by atoms with Gasteiger partial charge in [0, 0.05) is 23.8 Å². The Balaban J connectivity index is 1.87. The highest BCUT2D eigenvalue weighted by Gasteiger charge is 2.21. The molecule has 0 fully saturated rings. The number of pyridine rings is 1. The molecule has 0 atom stereocenters. The summed E-state index contributed by atoms with van der Waals surface area (Å²) in [6.45, 7) is 0.0878. The Labute approximate surface area is 205 Å². The van der Waals surface area contributed by atoms with Crippen molar-refractivity contribution in [2.45, 2.75) is 6.54 Å². The molecule has 3 aromatic carbocycles. The molecule has 0 saturated carbocycles. The average Bonchev–Trinajstić information content (AvgIpc) is 2.87. The number of rotatable bonds is 5. The molecule has 2 heterocycles. The molecule has 5 aromatic rings. The van der Waals surface area contributed by atoms with Crippen molar-refractivity contribution in [2.24, 2.45) is 7.05 Å². The Morgan fingerprint density at radius 3 is 2.11 bits per heavy atom. The molecule has 0 unspecified atom stereocenters. The maximum absolute atomic E-state index is 13.8. The molecule has 0 amide bonds. The summed E-state index contributed by atoms with van der Waals surface area (Å²) >= 11 is 6.01. The van der Waals surface area contributed by atoms with E-state index < -0.39 is 11.2 Å². The molecule has 2 aromatic heterocycles. The Morgan fingerprint density at radius 2 is 1.46 bits per heavy atom. The zero-order chi connectivity index (χ0) is 24.5. The molecule has 1 N–H and O–H groups in total. The van der Waals surface area contributed by atoms with E-state index in [1.807, 2.05) is 36.4 Å². The number of aromatic nitrogens is 3. The maximum atomic E-state index is 13.8. The van der Waals surface area contributed by atoms with Crippen molar-refractivity contribution in [1.82, 2.24) is 13.7 Å². The van der Waals surface area contributed by atoms with Gasteiger partial charge in [-0.05, 0) is 42.0 Å². The van der Waals surface area contributed by atoms with E-state index in [0.717, 1.165) is 5.56 Å². The summed E-state index contributed by atoms with van der Waals surface area (Å²) in [5.74, 6) is 0. The van der Waals surface area contributed by atoms with Crippen molar-refractivity contribution in [1.29, 1.82) is 0 Å². The van der Waals surface area contributed by atoms with Crippen LogP contribution in [-0.2, 0) is 13.6 Å². The SMILES string of the molecule is Cn1c(=O)cc(Nc2ccc(Cl)cc2)c2c(=O)n(Cc3ccccc3)c(=O)n(-c3ccccc3)c21. The molecular weight excluding hydrogens is 464 g/mol. The van der Waals surface area contributed by atoms with Crippen LogP contribution >= 0.6 is 11.6 Å². The monoisotopic (exact) mass is 484 g/mol. The molecule has 7 nitrogen and oxygen atoms in total. The smallest absolute Gasteiger partial charge is 0.337 e. The summed E-state index contributed by atoms with van der Waals surface area (Å²) in [6.07, 6.45) is 0. The fraction of sp³-hybridized carbons (Fsp3) is 0.0741. The van der Waals surface area contributed by atoms with Crippen LogP contribution in [0.25, 0.3) is 16.7 Å². The molecule has 0 aliphatic rings. The van der Waals surface area contributed by atoms with Crippen molar-refractivity contribution < 1.29 is 0 Å². The Hall–Kier alpha value is -4.36. The molecule has 5 rings (SSSR count). The number of nitrogens with zero attached hydrogens (tertiary/aromatic N) is 3. The zero-order valence-electron chi connectivity index (χ0n) is 18.8. The minimum Gasteiger partial charge on any atom is -0.355 e. The number of anilines is 2. The molecule has 174 valence electrons. The van der Waals surface area contributed by atoms with E-state index in [9.17, 15) is 14.4 Å². The molecule has 35 heavy (non-hydrogen) atoms. The topological polar surface area (TPSA) is 78.0 Å². The number of benzene rings is 3. The summed E-state index contributed by atoms with van der Waals surface area (Å²) in [4.78, 5) is 40.6. The van der Waals surface area contributed by atoms with Crippen LogP contribution in [0.3, 0.4) is 0 Å². The van der Waals surface area contributed by atoms with Crippen LogP contribution in [0.4, 0.5) is 11.4 Å². The summed E-state index contributed by atoms with van der Waals surface area (Å²) in [5.41, 5.74) is 1.13. The van der Waals surface area contributed by atoms with E-state index in [4.69, 9.17) is 11.6 Å². The number of hydrogen-bond donors (Lipinski definition) is 1. The lowest BCUT2D eigenvalue weighted by Crippen LogP contribution is -2.42. The third-order valence-electron chi connectivity index (χ3n) is 5.82. The quantitative estimate of drug-likeness (QED) is 0.403. The molecule has 0 saturated heterocycles. The molecule has 0 bridgehead atoms. The third-order valence-corrected chi connectivity index (χ3v) is 6.08. The fourth-order valence-corrected chi connectivity index (χ4v) is 4.22. The van der Waals surface area contributed by atoms with Crippen molar-refractivity contribution in [3.8, 4) is 5.69 Å². The standard InChI is InChI=1S/C27H21ClN4O3/c1-30-23(33)16-22(29-20-14-12-19(28)13-15-20)24-25(30)32(21-10-6-3-7-11-21)27(35)31(26(24)34)17-18-8-4-2-5-9-18/h2-16,29H,17H2,1H3. The molecule has 0 spiro atoms. The highest BCUT2D eigenvalue weighted by Crippen LogP contribution is 2.24. The average molecular weight is 485 g/mol. The van der Waals surface area contributed by atoms with Gasteiger partial charge in [0.25, 0.3) is 11.1 Å². The van der Waals surface area contributed by atoms with Gasteiger partial charge < -0.3 is 5.32 Å². The van der Waals surface area contributed by atoms with Gasteiger partial charge in [0.1, 0.15) is 11.0 Å². The Kier molecular flexibility index (Phi) is 5.84. The zero-order valence-corrected chi connectivity index (χ0v) is 19.6. The van der Waals surface area contributed by atoms with Gasteiger partial charge in [-0.15, -0.1) is 0 Å². The lowest BCUT2D eigenvalue weighted by molar-refractivity contribution is 0.674. The van der Waals surface area contributed by atoms with Crippen molar-refractivity contribution in [2.75, 3.05) is 5.32 Å². The van der Waals surface area contributed by atoms with Crippen LogP contribution in [0.1, 0.15) is 5.56 Å². The van der Waals surface area contributed by atoms with Crippen LogP contribution in [0.15, 0.2) is 105 Å². The Bertz CT molecular complexity index is 1700. The van der Waals surface area contributed by atoms with E-state index in [-0.39, 0.29) is 23.1 Å². The first kappa shape index (κ1) is 22.4. The second-order valence-electron chi connectivity index (χ2n) is 8.12. The minimum atomic E-state index is -0.531. The van der Waals surface area contributed by atoms with Crippen LogP contribution in [-0.4, -0.2) is 13.7 Å². The number of nitrogens with one attached hydrogen (secondary N) is 1. The van der Waals surface area contributed by atoms with Gasteiger partial charge in [-0.1, -0.05) is 60.1 Å². The molecule has 0 aliphatic heterocycles. The maximum Gasteiger partial charge on any atom is 0.337 e. The van der Waals surface area contributed by atoms with Gasteiger partial charge in [0.05, 0.1) is 17.9 Å². The minimum absolute atomic E-state index is 0.0878. The van der Waals surface area contributed by atoms with Crippen LogP contribution in [0.2, 0.25) is 5.02 Å². The number of fused-ring (bicyclic) bond motifs is 1. The van der Waals surface area contributed by atoms with Crippen molar-refractivity contribution in [3.63, 3.8) is 0 Å². The van der Waals surface area contributed by atoms with Gasteiger partial charge in [0.15, 0.2) is 0 Å². The number of hydrogen-bond acceptors (Lipinski definition) is 4. The summed E-state index contributed by atoms with van der Waals surface area (Å²) in [6, 6.07) is 26.6. The number of halogens is 1.